The predicted molar refractivity (Wildman–Crippen MR) is 75.8 cm³/mol. The first-order chi connectivity index (χ1) is 9.80. The third-order valence-electron chi connectivity index (χ3n) is 6.02. The van der Waals surface area contributed by atoms with Crippen molar-refractivity contribution in [2.45, 2.75) is 38.8 Å². The quantitative estimate of drug-likeness (QED) is 0.635. The highest BCUT2D eigenvalue weighted by atomic mass is 16.5. The van der Waals surface area contributed by atoms with E-state index in [1.54, 1.807) is 7.11 Å². The molecule has 3 fully saturated rings. The molecular weight excluding hydrogens is 252 g/mol. The first-order valence-electron chi connectivity index (χ1n) is 7.86. The summed E-state index contributed by atoms with van der Waals surface area (Å²) in [6, 6.07) is 0.186. The molecule has 5 nitrogen and oxygen atoms in total. The van der Waals surface area contributed by atoms with E-state index in [2.05, 4.69) is 17.4 Å². The molecule has 0 amide bonds. The standard InChI is InChI=1S/C15H24N4O/c1-3-19-15(10(20-2)7-17-19)14(18-16)13-11-8-4-5-9(6-8)12(11)13/h7-9,11-14,18H,3-6,16H2,1-2H3. The molecule has 3 saturated carbocycles. The van der Waals surface area contributed by atoms with Crippen LogP contribution in [-0.2, 0) is 6.54 Å². The lowest BCUT2D eigenvalue weighted by atomic mass is 9.95. The van der Waals surface area contributed by atoms with Crippen molar-refractivity contribution in [2.75, 3.05) is 7.11 Å². The number of nitrogens with one attached hydrogen (secondary N) is 1. The summed E-state index contributed by atoms with van der Waals surface area (Å²) in [4.78, 5) is 0. The molecule has 1 aromatic heterocycles. The second-order valence-electron chi connectivity index (χ2n) is 6.62. The molecule has 1 heterocycles. The molecule has 0 aromatic carbocycles. The average Bonchev–Trinajstić information content (AvgIpc) is 2.85. The third kappa shape index (κ3) is 1.53. The molecule has 0 spiro atoms. The fraction of sp³-hybridized carbons (Fsp3) is 0.800. The number of nitrogens with zero attached hydrogens (tertiary/aromatic N) is 2. The van der Waals surface area contributed by atoms with Gasteiger partial charge in [-0.05, 0) is 55.8 Å². The van der Waals surface area contributed by atoms with E-state index in [9.17, 15) is 0 Å². The number of nitrogens with two attached hydrogens (primary N) is 1. The van der Waals surface area contributed by atoms with Crippen molar-refractivity contribution in [3.05, 3.63) is 11.9 Å². The minimum absolute atomic E-state index is 0.186. The van der Waals surface area contributed by atoms with Crippen molar-refractivity contribution in [1.29, 1.82) is 0 Å². The Hall–Kier alpha value is -1.07. The Bertz CT molecular complexity index is 476. The average molecular weight is 276 g/mol. The Morgan fingerprint density at radius 2 is 2.15 bits per heavy atom. The van der Waals surface area contributed by atoms with E-state index in [1.807, 2.05) is 10.9 Å². The smallest absolute Gasteiger partial charge is 0.161 e. The van der Waals surface area contributed by atoms with Gasteiger partial charge < -0.3 is 4.74 Å². The van der Waals surface area contributed by atoms with Crippen LogP contribution in [0.15, 0.2) is 6.20 Å². The molecule has 5 unspecified atom stereocenters. The highest BCUT2D eigenvalue weighted by molar-refractivity contribution is 5.32. The third-order valence-corrected chi connectivity index (χ3v) is 6.02. The van der Waals surface area contributed by atoms with Gasteiger partial charge in [-0.1, -0.05) is 0 Å². The summed E-state index contributed by atoms with van der Waals surface area (Å²) in [6.45, 7) is 2.97. The predicted octanol–water partition coefficient (Wildman–Crippen LogP) is 1.71. The number of hydrogen-bond acceptors (Lipinski definition) is 4. The number of ether oxygens (including phenoxy) is 1. The van der Waals surface area contributed by atoms with Gasteiger partial charge in [0.25, 0.3) is 0 Å². The van der Waals surface area contributed by atoms with E-state index in [4.69, 9.17) is 10.6 Å². The van der Waals surface area contributed by atoms with E-state index in [0.29, 0.717) is 5.92 Å². The molecule has 5 atom stereocenters. The fourth-order valence-corrected chi connectivity index (χ4v) is 5.31. The molecule has 2 bridgehead atoms. The molecular formula is C15H24N4O. The summed E-state index contributed by atoms with van der Waals surface area (Å²) in [5.74, 6) is 11.2. The van der Waals surface area contributed by atoms with Crippen LogP contribution >= 0.6 is 0 Å². The van der Waals surface area contributed by atoms with E-state index >= 15 is 0 Å². The summed E-state index contributed by atoms with van der Waals surface area (Å²) in [5, 5.41) is 4.43. The second kappa shape index (κ2) is 4.46. The van der Waals surface area contributed by atoms with E-state index < -0.39 is 0 Å². The van der Waals surface area contributed by atoms with E-state index in [-0.39, 0.29) is 6.04 Å². The van der Waals surface area contributed by atoms with Crippen molar-refractivity contribution < 1.29 is 4.74 Å². The van der Waals surface area contributed by atoms with Gasteiger partial charge in [0.15, 0.2) is 5.75 Å². The number of fused-ring (bicyclic) bond motifs is 5. The number of aryl methyl sites for hydroxylation is 1. The van der Waals surface area contributed by atoms with E-state index in [0.717, 1.165) is 41.7 Å². The normalized spacial score (nSPS) is 38.9. The Labute approximate surface area is 119 Å². The van der Waals surface area contributed by atoms with Crippen LogP contribution in [0.5, 0.6) is 5.75 Å². The van der Waals surface area contributed by atoms with E-state index in [1.165, 1.54) is 19.3 Å². The maximum atomic E-state index is 5.92. The molecule has 110 valence electrons. The van der Waals surface area contributed by atoms with Gasteiger partial charge in [0.2, 0.25) is 0 Å². The Balaban J connectivity index is 1.65. The number of hydrogen-bond donors (Lipinski definition) is 2. The topological polar surface area (TPSA) is 65.1 Å². The van der Waals surface area contributed by atoms with Crippen LogP contribution in [0.3, 0.4) is 0 Å². The molecule has 1 aromatic rings. The summed E-state index contributed by atoms with van der Waals surface area (Å²) < 4.78 is 7.53. The zero-order valence-corrected chi connectivity index (χ0v) is 12.2. The number of rotatable bonds is 5. The molecule has 4 rings (SSSR count). The van der Waals surface area contributed by atoms with Crippen LogP contribution in [0.25, 0.3) is 0 Å². The minimum atomic E-state index is 0.186. The lowest BCUT2D eigenvalue weighted by Crippen LogP contribution is -2.33. The van der Waals surface area contributed by atoms with Crippen LogP contribution in [0, 0.1) is 29.6 Å². The first kappa shape index (κ1) is 12.7. The van der Waals surface area contributed by atoms with Gasteiger partial charge in [-0.15, -0.1) is 0 Å². The lowest BCUT2D eigenvalue weighted by molar-refractivity contribution is 0.339. The summed E-state index contributed by atoms with van der Waals surface area (Å²) >= 11 is 0. The van der Waals surface area contributed by atoms with Crippen LogP contribution < -0.4 is 16.0 Å². The molecule has 20 heavy (non-hydrogen) atoms. The van der Waals surface area contributed by atoms with Crippen molar-refractivity contribution in [2.24, 2.45) is 35.4 Å². The van der Waals surface area contributed by atoms with Crippen molar-refractivity contribution in [3.63, 3.8) is 0 Å². The van der Waals surface area contributed by atoms with Crippen LogP contribution in [0.2, 0.25) is 0 Å². The summed E-state index contributed by atoms with van der Waals surface area (Å²) in [7, 11) is 1.71. The molecule has 0 aliphatic heterocycles. The molecule has 3 aliphatic rings. The first-order valence-corrected chi connectivity index (χ1v) is 7.86. The molecule has 3 N–H and O–H groups in total. The maximum absolute atomic E-state index is 5.92. The van der Waals surface area contributed by atoms with Crippen molar-refractivity contribution in [1.82, 2.24) is 15.2 Å². The highest BCUT2D eigenvalue weighted by Gasteiger charge is 2.67. The van der Waals surface area contributed by atoms with Gasteiger partial charge >= 0.3 is 0 Å². The van der Waals surface area contributed by atoms with Crippen LogP contribution in [-0.4, -0.2) is 16.9 Å². The Morgan fingerprint density at radius 1 is 1.45 bits per heavy atom. The summed E-state index contributed by atoms with van der Waals surface area (Å²) in [5.41, 5.74) is 4.21. The maximum Gasteiger partial charge on any atom is 0.161 e. The van der Waals surface area contributed by atoms with Gasteiger partial charge in [0.05, 0.1) is 25.0 Å². The largest absolute Gasteiger partial charge is 0.493 e. The Morgan fingerprint density at radius 3 is 2.70 bits per heavy atom. The van der Waals surface area contributed by atoms with Crippen molar-refractivity contribution >= 4 is 0 Å². The molecule has 5 heteroatoms. The van der Waals surface area contributed by atoms with Gasteiger partial charge in [-0.3, -0.25) is 16.0 Å². The SMILES string of the molecule is CCn1ncc(OC)c1C(NN)C1C2C3CCC(C3)C21. The highest BCUT2D eigenvalue weighted by Crippen LogP contribution is 2.72. The minimum Gasteiger partial charge on any atom is -0.493 e. The zero-order chi connectivity index (χ0) is 13.9. The Kier molecular flexibility index (Phi) is 2.82. The zero-order valence-electron chi connectivity index (χ0n) is 12.2. The fourth-order valence-electron chi connectivity index (χ4n) is 5.31. The van der Waals surface area contributed by atoms with Gasteiger partial charge in [-0.2, -0.15) is 5.10 Å². The van der Waals surface area contributed by atoms with Gasteiger partial charge in [-0.25, -0.2) is 0 Å². The molecule has 3 aliphatic carbocycles. The second-order valence-corrected chi connectivity index (χ2v) is 6.62. The van der Waals surface area contributed by atoms with Crippen LogP contribution in [0.4, 0.5) is 0 Å². The van der Waals surface area contributed by atoms with Gasteiger partial charge in [0.1, 0.15) is 0 Å². The van der Waals surface area contributed by atoms with Gasteiger partial charge in [0, 0.05) is 6.54 Å². The lowest BCUT2D eigenvalue weighted by Gasteiger charge is -2.21. The number of hydrazine groups is 1. The molecule has 0 saturated heterocycles. The molecule has 0 radical (unpaired) electrons. The van der Waals surface area contributed by atoms with Crippen molar-refractivity contribution in [3.8, 4) is 5.75 Å². The number of aromatic nitrogens is 2. The van der Waals surface area contributed by atoms with Crippen LogP contribution in [0.1, 0.15) is 37.9 Å². The summed E-state index contributed by atoms with van der Waals surface area (Å²) in [6.07, 6.45) is 6.15. The monoisotopic (exact) mass is 276 g/mol. The number of methoxy groups -OCH3 is 1.